The minimum atomic E-state index is -0.694. The molecule has 0 radical (unpaired) electrons. The smallest absolute Gasteiger partial charge is 0.425 e. The number of hydrogen-bond donors (Lipinski definition) is 4. The van der Waals surface area contributed by atoms with Gasteiger partial charge in [-0.1, -0.05) is 51.1 Å². The van der Waals surface area contributed by atoms with E-state index < -0.39 is 12.1 Å². The Morgan fingerprint density at radius 1 is 0.828 bits per heavy atom. The fourth-order valence-electron chi connectivity index (χ4n) is 8.18. The number of rotatable bonds is 9. The number of benzene rings is 3. The maximum Gasteiger partial charge on any atom is 0.425 e. The molecule has 4 heterocycles. The monoisotopic (exact) mass is 789 g/mol. The van der Waals surface area contributed by atoms with Crippen LogP contribution in [0.15, 0.2) is 60.8 Å². The van der Waals surface area contributed by atoms with Crippen LogP contribution in [0.5, 0.6) is 0 Å². The molecule has 58 heavy (non-hydrogen) atoms. The Labute approximate surface area is 339 Å². The van der Waals surface area contributed by atoms with Crippen LogP contribution in [0, 0.1) is 5.92 Å². The standard InChI is InChI=1S/C44H55N9O5/c1-7-38(54)49-39(26(2)3)42(55)51-20-10-8-13-37(51)41-46-33-19-18-31(24-34(33)47-41)29-14-15-30-23-32(17-16-28(30)22-29)35-25-45-40(48-35)36-12-9-11-21-52(36)44(57)53(27(4)5)50-43(56)58-6/h14-19,22-27,36-37,39H,7-13,20-21H2,1-6H3,(H,45,48)(H,46,47)(H,49,54)(H,50,56)/t36-,37-,39-/m0/s1. The van der Waals surface area contributed by atoms with Crippen molar-refractivity contribution in [2.24, 2.45) is 5.92 Å². The Bertz CT molecular complexity index is 2300. The molecule has 0 aliphatic carbocycles. The van der Waals surface area contributed by atoms with E-state index in [9.17, 15) is 19.2 Å². The topological polar surface area (TPSA) is 169 Å². The van der Waals surface area contributed by atoms with E-state index in [0.29, 0.717) is 25.3 Å². The molecule has 306 valence electrons. The van der Waals surface area contributed by atoms with E-state index in [2.05, 4.69) is 69.2 Å². The zero-order chi connectivity index (χ0) is 41.1. The lowest BCUT2D eigenvalue weighted by Gasteiger charge is -2.39. The molecule has 2 fully saturated rings. The van der Waals surface area contributed by atoms with Crippen LogP contribution in [0.4, 0.5) is 9.59 Å². The Morgan fingerprint density at radius 3 is 2.14 bits per heavy atom. The number of methoxy groups -OCH3 is 1. The number of urea groups is 1. The van der Waals surface area contributed by atoms with Crippen molar-refractivity contribution < 1.29 is 23.9 Å². The lowest BCUT2D eigenvalue weighted by atomic mass is 9.96. The Hall–Kier alpha value is -5.92. The highest BCUT2D eigenvalue weighted by molar-refractivity contribution is 5.92. The summed E-state index contributed by atoms with van der Waals surface area (Å²) in [6.45, 7) is 10.6. The van der Waals surface area contributed by atoms with E-state index in [1.54, 1.807) is 11.8 Å². The van der Waals surface area contributed by atoms with Crippen molar-refractivity contribution in [2.45, 2.75) is 104 Å². The van der Waals surface area contributed by atoms with Gasteiger partial charge in [0.15, 0.2) is 0 Å². The summed E-state index contributed by atoms with van der Waals surface area (Å²) in [7, 11) is 1.27. The molecule has 3 aromatic carbocycles. The minimum Gasteiger partial charge on any atom is -0.452 e. The summed E-state index contributed by atoms with van der Waals surface area (Å²) in [6.07, 6.45) is 6.84. The Morgan fingerprint density at radius 2 is 1.47 bits per heavy atom. The molecule has 0 saturated carbocycles. The number of fused-ring (bicyclic) bond motifs is 2. The summed E-state index contributed by atoms with van der Waals surface area (Å²) in [6, 6.07) is 17.3. The van der Waals surface area contributed by atoms with Gasteiger partial charge in [0.2, 0.25) is 11.8 Å². The lowest BCUT2D eigenvalue weighted by Crippen LogP contribution is -2.56. The average molecular weight is 790 g/mol. The third-order valence-electron chi connectivity index (χ3n) is 11.4. The second-order valence-electron chi connectivity index (χ2n) is 16.0. The first-order chi connectivity index (χ1) is 27.9. The number of carbonyl (C=O) groups excluding carboxylic acids is 4. The van der Waals surface area contributed by atoms with E-state index in [1.807, 2.05) is 44.9 Å². The van der Waals surface area contributed by atoms with E-state index in [4.69, 9.17) is 14.7 Å². The molecule has 2 aromatic heterocycles. The quantitative estimate of drug-likeness (QED) is 0.110. The van der Waals surface area contributed by atoms with Crippen LogP contribution in [0.2, 0.25) is 0 Å². The van der Waals surface area contributed by atoms with E-state index >= 15 is 0 Å². The van der Waals surface area contributed by atoms with Crippen LogP contribution in [0.3, 0.4) is 0 Å². The van der Waals surface area contributed by atoms with Gasteiger partial charge in [-0.2, -0.15) is 0 Å². The summed E-state index contributed by atoms with van der Waals surface area (Å²) >= 11 is 0. The van der Waals surface area contributed by atoms with E-state index in [-0.39, 0.29) is 41.9 Å². The van der Waals surface area contributed by atoms with Crippen molar-refractivity contribution in [2.75, 3.05) is 20.2 Å². The third-order valence-corrected chi connectivity index (χ3v) is 11.4. The normalized spacial score (nSPS) is 17.8. The van der Waals surface area contributed by atoms with Gasteiger partial charge in [0, 0.05) is 37.3 Å². The largest absolute Gasteiger partial charge is 0.452 e. The zero-order valence-electron chi connectivity index (χ0n) is 34.3. The number of likely N-dealkylation sites (tertiary alicyclic amines) is 2. The molecule has 2 saturated heterocycles. The number of H-pyrrole nitrogens is 2. The van der Waals surface area contributed by atoms with Gasteiger partial charge in [-0.3, -0.25) is 9.59 Å². The first kappa shape index (κ1) is 40.3. The van der Waals surface area contributed by atoms with Crippen molar-refractivity contribution in [3.63, 3.8) is 0 Å². The van der Waals surface area contributed by atoms with Gasteiger partial charge in [0.25, 0.3) is 0 Å². The maximum absolute atomic E-state index is 13.8. The molecule has 14 heteroatoms. The summed E-state index contributed by atoms with van der Waals surface area (Å²) in [5, 5.41) is 6.42. The molecule has 5 aromatic rings. The Kier molecular flexibility index (Phi) is 12.0. The highest BCUT2D eigenvalue weighted by Gasteiger charge is 2.37. The van der Waals surface area contributed by atoms with Crippen molar-refractivity contribution in [1.82, 2.24) is 45.5 Å². The molecule has 14 nitrogen and oxygen atoms in total. The summed E-state index contributed by atoms with van der Waals surface area (Å²) in [5.74, 6) is 1.27. The van der Waals surface area contributed by atoms with Gasteiger partial charge in [0.1, 0.15) is 17.7 Å². The number of nitrogens with zero attached hydrogens (tertiary/aromatic N) is 5. The van der Waals surface area contributed by atoms with Gasteiger partial charge < -0.3 is 29.8 Å². The van der Waals surface area contributed by atoms with Crippen LogP contribution in [0.1, 0.15) is 103 Å². The van der Waals surface area contributed by atoms with E-state index in [1.165, 1.54) is 12.1 Å². The minimum absolute atomic E-state index is 0.0340. The van der Waals surface area contributed by atoms with Gasteiger partial charge in [-0.25, -0.2) is 30.0 Å². The van der Waals surface area contributed by atoms with Crippen LogP contribution < -0.4 is 10.7 Å². The van der Waals surface area contributed by atoms with Crippen LogP contribution in [-0.4, -0.2) is 91.0 Å². The SMILES string of the molecule is CCC(=O)N[C@H](C(=O)N1CCCC[C@H]1c1nc2cc(-c3ccc4cc(-c5c[nH]c([C@@H]6CCCCN6C(=O)N(NC(=O)OC)C(C)C)n5)ccc4c3)ccc2[nH]1)C(C)C. The number of hydrazine groups is 1. The number of imidazole rings is 2. The predicted octanol–water partition coefficient (Wildman–Crippen LogP) is 8.01. The molecular weight excluding hydrogens is 735 g/mol. The van der Waals surface area contributed by atoms with Crippen molar-refractivity contribution in [3.8, 4) is 22.4 Å². The average Bonchev–Trinajstić information content (AvgIpc) is 3.91. The summed E-state index contributed by atoms with van der Waals surface area (Å²) in [5.41, 5.74) is 8.16. The highest BCUT2D eigenvalue weighted by Crippen LogP contribution is 2.35. The van der Waals surface area contributed by atoms with Gasteiger partial charge in [0.05, 0.1) is 35.9 Å². The number of amides is 5. The van der Waals surface area contributed by atoms with Crippen molar-refractivity contribution >= 4 is 45.7 Å². The number of aromatic amines is 2. The van der Waals surface area contributed by atoms with Crippen LogP contribution in [-0.2, 0) is 14.3 Å². The number of piperidine rings is 2. The van der Waals surface area contributed by atoms with Crippen molar-refractivity contribution in [1.29, 1.82) is 0 Å². The number of ether oxygens (including phenoxy) is 1. The van der Waals surface area contributed by atoms with Crippen LogP contribution >= 0.6 is 0 Å². The molecule has 0 bridgehead atoms. The summed E-state index contributed by atoms with van der Waals surface area (Å²) in [4.78, 5) is 72.4. The molecule has 4 N–H and O–H groups in total. The maximum atomic E-state index is 13.8. The molecule has 2 aliphatic rings. The number of nitrogens with one attached hydrogen (secondary N) is 4. The molecule has 2 aliphatic heterocycles. The first-order valence-corrected chi connectivity index (χ1v) is 20.6. The number of aromatic nitrogens is 4. The second kappa shape index (κ2) is 17.3. The number of hydrogen-bond acceptors (Lipinski definition) is 7. The zero-order valence-corrected chi connectivity index (χ0v) is 34.3. The van der Waals surface area contributed by atoms with Crippen LogP contribution in [0.25, 0.3) is 44.2 Å². The van der Waals surface area contributed by atoms with E-state index in [0.717, 1.165) is 88.5 Å². The van der Waals surface area contributed by atoms with Gasteiger partial charge >= 0.3 is 12.1 Å². The molecule has 0 spiro atoms. The predicted molar refractivity (Wildman–Crippen MR) is 223 cm³/mol. The molecule has 3 atom stereocenters. The fraction of sp³-hybridized carbons (Fsp3) is 0.455. The summed E-state index contributed by atoms with van der Waals surface area (Å²) < 4.78 is 4.75. The molecule has 7 rings (SSSR count). The second-order valence-corrected chi connectivity index (χ2v) is 16.0. The third kappa shape index (κ3) is 8.37. The molecule has 5 amide bonds. The molecular formula is C44H55N9O5. The first-order valence-electron chi connectivity index (χ1n) is 20.6. The Balaban J connectivity index is 1.09. The molecule has 0 unspecified atom stereocenters. The van der Waals surface area contributed by atoms with Gasteiger partial charge in [-0.05, 0) is 104 Å². The highest BCUT2D eigenvalue weighted by atomic mass is 16.5. The van der Waals surface area contributed by atoms with Crippen molar-refractivity contribution in [3.05, 3.63) is 72.4 Å². The lowest BCUT2D eigenvalue weighted by molar-refractivity contribution is -0.141. The van der Waals surface area contributed by atoms with Gasteiger partial charge in [-0.15, -0.1) is 0 Å². The fourth-order valence-corrected chi connectivity index (χ4v) is 8.18. The number of carbonyl (C=O) groups is 4.